The Kier molecular flexibility index (Phi) is 4.80. The molecule has 82 valence electrons. The standard InChI is InChI=1S/C11H13Br2NO/c1-8-4-3-5-9(2)11(8)14(7-13)10(15)6-12/h3-5H,6-7H2,1-2H3. The van der Waals surface area contributed by atoms with Crippen LogP contribution in [0.2, 0.25) is 0 Å². The molecule has 0 atom stereocenters. The number of hydrogen-bond acceptors (Lipinski definition) is 1. The van der Waals surface area contributed by atoms with Crippen LogP contribution in [0, 0.1) is 13.8 Å². The van der Waals surface area contributed by atoms with Crippen LogP contribution in [0.4, 0.5) is 5.69 Å². The lowest BCUT2D eigenvalue weighted by molar-refractivity contribution is -0.115. The van der Waals surface area contributed by atoms with E-state index in [1.165, 1.54) is 0 Å². The number of aryl methyl sites for hydroxylation is 2. The van der Waals surface area contributed by atoms with Gasteiger partial charge < -0.3 is 4.90 Å². The van der Waals surface area contributed by atoms with Gasteiger partial charge in [0.1, 0.15) is 0 Å². The fourth-order valence-corrected chi connectivity index (χ4v) is 2.39. The van der Waals surface area contributed by atoms with Crippen molar-refractivity contribution in [2.75, 3.05) is 15.7 Å². The number of anilines is 1. The van der Waals surface area contributed by atoms with Crippen LogP contribution in [0.25, 0.3) is 0 Å². The molecule has 2 nitrogen and oxygen atoms in total. The third-order valence-corrected chi connectivity index (χ3v) is 3.23. The number of para-hydroxylation sites is 1. The smallest absolute Gasteiger partial charge is 0.238 e. The Hall–Kier alpha value is -0.350. The summed E-state index contributed by atoms with van der Waals surface area (Å²) in [5, 5.41) is 0.340. The predicted molar refractivity (Wildman–Crippen MR) is 71.0 cm³/mol. The van der Waals surface area contributed by atoms with Crippen LogP contribution in [0.15, 0.2) is 18.2 Å². The van der Waals surface area contributed by atoms with E-state index in [9.17, 15) is 4.79 Å². The van der Waals surface area contributed by atoms with E-state index in [0.717, 1.165) is 16.8 Å². The molecule has 0 radical (unpaired) electrons. The average molecular weight is 335 g/mol. The van der Waals surface area contributed by atoms with E-state index in [2.05, 4.69) is 31.9 Å². The third kappa shape index (κ3) is 2.82. The topological polar surface area (TPSA) is 20.3 Å². The summed E-state index contributed by atoms with van der Waals surface area (Å²) >= 11 is 6.54. The number of benzene rings is 1. The van der Waals surface area contributed by atoms with E-state index >= 15 is 0 Å². The van der Waals surface area contributed by atoms with Gasteiger partial charge in [-0.1, -0.05) is 50.1 Å². The summed E-state index contributed by atoms with van der Waals surface area (Å²) in [6.07, 6.45) is 0. The maximum atomic E-state index is 11.7. The third-order valence-electron chi connectivity index (χ3n) is 2.24. The van der Waals surface area contributed by atoms with Gasteiger partial charge in [0.05, 0.1) is 16.5 Å². The predicted octanol–water partition coefficient (Wildman–Crippen LogP) is 3.38. The number of alkyl halides is 2. The summed E-state index contributed by atoms with van der Waals surface area (Å²) in [7, 11) is 0. The minimum Gasteiger partial charge on any atom is -0.301 e. The largest absolute Gasteiger partial charge is 0.301 e. The zero-order valence-corrected chi connectivity index (χ0v) is 11.9. The van der Waals surface area contributed by atoms with Crippen LogP contribution in [0.1, 0.15) is 11.1 Å². The molecular weight excluding hydrogens is 322 g/mol. The second kappa shape index (κ2) is 5.66. The van der Waals surface area contributed by atoms with Crippen molar-refractivity contribution >= 4 is 43.5 Å². The van der Waals surface area contributed by atoms with Crippen molar-refractivity contribution in [3.63, 3.8) is 0 Å². The number of hydrogen-bond donors (Lipinski definition) is 0. The van der Waals surface area contributed by atoms with Crippen molar-refractivity contribution in [2.24, 2.45) is 0 Å². The van der Waals surface area contributed by atoms with Crippen molar-refractivity contribution in [3.8, 4) is 0 Å². The first-order chi connectivity index (χ1) is 7.11. The van der Waals surface area contributed by atoms with Gasteiger partial charge in [0.15, 0.2) is 0 Å². The zero-order valence-electron chi connectivity index (χ0n) is 8.76. The van der Waals surface area contributed by atoms with E-state index in [-0.39, 0.29) is 5.91 Å². The first-order valence-corrected chi connectivity index (χ1v) is 6.84. The maximum Gasteiger partial charge on any atom is 0.238 e. The molecule has 1 amide bonds. The lowest BCUT2D eigenvalue weighted by Crippen LogP contribution is -2.31. The Morgan fingerprint density at radius 3 is 2.20 bits per heavy atom. The normalized spacial score (nSPS) is 10.1. The number of nitrogens with zero attached hydrogens (tertiary/aromatic N) is 1. The molecule has 0 fully saturated rings. The van der Waals surface area contributed by atoms with Gasteiger partial charge >= 0.3 is 0 Å². The van der Waals surface area contributed by atoms with Crippen LogP contribution < -0.4 is 4.90 Å². The van der Waals surface area contributed by atoms with Crippen LogP contribution >= 0.6 is 31.9 Å². The van der Waals surface area contributed by atoms with Gasteiger partial charge in [-0.3, -0.25) is 4.79 Å². The minimum absolute atomic E-state index is 0.0595. The van der Waals surface area contributed by atoms with E-state index in [0.29, 0.717) is 10.8 Å². The fraction of sp³-hybridized carbons (Fsp3) is 0.364. The summed E-state index contributed by atoms with van der Waals surface area (Å²) in [6, 6.07) is 6.03. The Morgan fingerprint density at radius 2 is 1.80 bits per heavy atom. The Bertz CT molecular complexity index is 345. The van der Waals surface area contributed by atoms with Gasteiger partial charge in [-0.25, -0.2) is 0 Å². The lowest BCUT2D eigenvalue weighted by Gasteiger charge is -2.23. The fourth-order valence-electron chi connectivity index (χ4n) is 1.55. The highest BCUT2D eigenvalue weighted by molar-refractivity contribution is 9.09. The monoisotopic (exact) mass is 333 g/mol. The van der Waals surface area contributed by atoms with Gasteiger partial charge in [-0.15, -0.1) is 0 Å². The molecular formula is C11H13Br2NO. The highest BCUT2D eigenvalue weighted by Gasteiger charge is 2.16. The summed E-state index contributed by atoms with van der Waals surface area (Å²) in [5.74, 6) is 0.0595. The minimum atomic E-state index is 0.0595. The Balaban J connectivity index is 3.17. The van der Waals surface area contributed by atoms with E-state index in [1.807, 2.05) is 32.0 Å². The van der Waals surface area contributed by atoms with Crippen molar-refractivity contribution in [2.45, 2.75) is 13.8 Å². The molecule has 0 bridgehead atoms. The molecule has 0 aliphatic rings. The number of carbonyl (C=O) groups excluding carboxylic acids is 1. The molecule has 0 heterocycles. The molecule has 0 aliphatic heterocycles. The highest BCUT2D eigenvalue weighted by Crippen LogP contribution is 2.25. The van der Waals surface area contributed by atoms with E-state index in [4.69, 9.17) is 0 Å². The molecule has 0 aromatic heterocycles. The number of halogens is 2. The second-order valence-corrected chi connectivity index (χ2v) is 4.38. The summed E-state index contributed by atoms with van der Waals surface area (Å²) < 4.78 is 0. The Labute approximate surface area is 107 Å². The van der Waals surface area contributed by atoms with Crippen LogP contribution in [0.3, 0.4) is 0 Å². The molecule has 0 aliphatic carbocycles. The Morgan fingerprint density at radius 1 is 1.27 bits per heavy atom. The van der Waals surface area contributed by atoms with Gasteiger partial charge in [0.2, 0.25) is 5.91 Å². The van der Waals surface area contributed by atoms with Crippen molar-refractivity contribution < 1.29 is 4.79 Å². The van der Waals surface area contributed by atoms with Crippen molar-refractivity contribution in [1.29, 1.82) is 0 Å². The molecule has 0 unspecified atom stereocenters. The van der Waals surface area contributed by atoms with Gasteiger partial charge in [0, 0.05) is 0 Å². The molecule has 1 aromatic rings. The number of rotatable bonds is 3. The van der Waals surface area contributed by atoms with Gasteiger partial charge in [-0.2, -0.15) is 0 Å². The van der Waals surface area contributed by atoms with E-state index < -0.39 is 0 Å². The summed E-state index contributed by atoms with van der Waals surface area (Å²) in [6.45, 7) is 4.03. The van der Waals surface area contributed by atoms with Crippen LogP contribution in [0.5, 0.6) is 0 Å². The molecule has 1 aromatic carbocycles. The van der Waals surface area contributed by atoms with E-state index in [1.54, 1.807) is 4.90 Å². The number of amides is 1. The number of carbonyl (C=O) groups is 1. The highest BCUT2D eigenvalue weighted by atomic mass is 79.9. The molecule has 4 heteroatoms. The maximum absolute atomic E-state index is 11.7. The molecule has 0 N–H and O–H groups in total. The first kappa shape index (κ1) is 12.7. The average Bonchev–Trinajstić information content (AvgIpc) is 2.22. The second-order valence-electron chi connectivity index (χ2n) is 3.32. The molecule has 1 rings (SSSR count). The van der Waals surface area contributed by atoms with Crippen LogP contribution in [-0.2, 0) is 4.79 Å². The van der Waals surface area contributed by atoms with Gasteiger partial charge in [0.25, 0.3) is 0 Å². The van der Waals surface area contributed by atoms with Crippen LogP contribution in [-0.4, -0.2) is 16.7 Å². The molecule has 0 saturated carbocycles. The quantitative estimate of drug-likeness (QED) is 0.613. The molecule has 15 heavy (non-hydrogen) atoms. The van der Waals surface area contributed by atoms with Gasteiger partial charge in [-0.05, 0) is 25.0 Å². The molecule has 0 saturated heterocycles. The zero-order chi connectivity index (χ0) is 11.4. The van der Waals surface area contributed by atoms with Crippen molar-refractivity contribution in [3.05, 3.63) is 29.3 Å². The van der Waals surface area contributed by atoms with Crippen molar-refractivity contribution in [1.82, 2.24) is 0 Å². The first-order valence-electron chi connectivity index (χ1n) is 4.60. The summed E-state index contributed by atoms with van der Waals surface area (Å²) in [5.41, 5.74) is 3.75. The lowest BCUT2D eigenvalue weighted by atomic mass is 10.1. The SMILES string of the molecule is Cc1cccc(C)c1N(CBr)C(=O)CBr. The molecule has 0 spiro atoms. The summed E-state index contributed by atoms with van der Waals surface area (Å²) in [4.78, 5) is 13.4.